The highest BCUT2D eigenvalue weighted by Gasteiger charge is 2.31. The zero-order valence-electron chi connectivity index (χ0n) is 10.3. The lowest BCUT2D eigenvalue weighted by molar-refractivity contribution is -0.125. The minimum absolute atomic E-state index is 0.106. The molecule has 0 bridgehead atoms. The van der Waals surface area contributed by atoms with E-state index in [1.807, 2.05) is 18.2 Å². The van der Waals surface area contributed by atoms with Crippen LogP contribution in [0.25, 0.3) is 0 Å². The van der Waals surface area contributed by atoms with Gasteiger partial charge in [-0.05, 0) is 37.6 Å². The highest BCUT2D eigenvalue weighted by atomic mass is 16.5. The third kappa shape index (κ3) is 2.31. The van der Waals surface area contributed by atoms with E-state index in [2.05, 4.69) is 5.43 Å². The SMILES string of the molecule is CC1Oc2ccc(CCN)cc2N(CNN)C1=O. The molecule has 0 radical (unpaired) electrons. The van der Waals surface area contributed by atoms with Crippen molar-refractivity contribution in [2.24, 2.45) is 11.6 Å². The molecule has 6 nitrogen and oxygen atoms in total. The number of rotatable bonds is 4. The molecule has 1 atom stereocenters. The molecule has 1 aromatic carbocycles. The van der Waals surface area contributed by atoms with Crippen molar-refractivity contribution in [1.82, 2.24) is 5.43 Å². The Balaban J connectivity index is 2.38. The molecule has 1 heterocycles. The molecule has 5 N–H and O–H groups in total. The smallest absolute Gasteiger partial charge is 0.269 e. The lowest BCUT2D eigenvalue weighted by Gasteiger charge is -2.33. The van der Waals surface area contributed by atoms with Crippen LogP contribution in [0.15, 0.2) is 18.2 Å². The minimum atomic E-state index is -0.494. The van der Waals surface area contributed by atoms with Gasteiger partial charge in [-0.1, -0.05) is 6.07 Å². The first-order valence-electron chi connectivity index (χ1n) is 5.92. The molecule has 0 aliphatic carbocycles. The third-order valence-corrected chi connectivity index (χ3v) is 2.91. The molecule has 1 aromatic rings. The Labute approximate surface area is 106 Å². The van der Waals surface area contributed by atoms with Crippen molar-refractivity contribution < 1.29 is 9.53 Å². The predicted octanol–water partition coefficient (Wildman–Crippen LogP) is -0.277. The van der Waals surface area contributed by atoms with Crippen molar-refractivity contribution in [3.05, 3.63) is 23.8 Å². The topological polar surface area (TPSA) is 93.6 Å². The molecule has 2 rings (SSSR count). The summed E-state index contributed by atoms with van der Waals surface area (Å²) in [6.45, 7) is 2.55. The van der Waals surface area contributed by atoms with E-state index in [1.165, 1.54) is 0 Å². The van der Waals surface area contributed by atoms with E-state index >= 15 is 0 Å². The Bertz CT molecular complexity index is 450. The Morgan fingerprint density at radius 1 is 1.50 bits per heavy atom. The number of carbonyl (C=O) groups is 1. The molecule has 0 aromatic heterocycles. The molecule has 98 valence electrons. The van der Waals surface area contributed by atoms with E-state index in [0.717, 1.165) is 17.7 Å². The number of anilines is 1. The van der Waals surface area contributed by atoms with Gasteiger partial charge in [-0.25, -0.2) is 5.43 Å². The highest BCUT2D eigenvalue weighted by molar-refractivity contribution is 5.99. The number of hydrazine groups is 1. The monoisotopic (exact) mass is 250 g/mol. The summed E-state index contributed by atoms with van der Waals surface area (Å²) in [5, 5.41) is 0. The molecule has 1 aliphatic rings. The summed E-state index contributed by atoms with van der Waals surface area (Å²) in [7, 11) is 0. The number of amides is 1. The van der Waals surface area contributed by atoms with Gasteiger partial charge in [0.2, 0.25) is 0 Å². The number of fused-ring (bicyclic) bond motifs is 1. The van der Waals surface area contributed by atoms with Gasteiger partial charge >= 0.3 is 0 Å². The van der Waals surface area contributed by atoms with E-state index in [4.69, 9.17) is 16.3 Å². The van der Waals surface area contributed by atoms with Crippen molar-refractivity contribution in [1.29, 1.82) is 0 Å². The molecule has 1 aliphatic heterocycles. The Kier molecular flexibility index (Phi) is 3.81. The number of nitrogens with zero attached hydrogens (tertiary/aromatic N) is 1. The minimum Gasteiger partial charge on any atom is -0.479 e. The average Bonchev–Trinajstić information content (AvgIpc) is 2.36. The van der Waals surface area contributed by atoms with Crippen molar-refractivity contribution in [2.75, 3.05) is 18.1 Å². The number of hydrogen-bond acceptors (Lipinski definition) is 5. The maximum Gasteiger partial charge on any atom is 0.269 e. The zero-order valence-corrected chi connectivity index (χ0v) is 10.3. The first kappa shape index (κ1) is 12.8. The van der Waals surface area contributed by atoms with Crippen LogP contribution in [0.3, 0.4) is 0 Å². The van der Waals surface area contributed by atoms with Crippen LogP contribution in [0.2, 0.25) is 0 Å². The van der Waals surface area contributed by atoms with Crippen molar-refractivity contribution >= 4 is 11.6 Å². The van der Waals surface area contributed by atoms with Crippen molar-refractivity contribution in [3.63, 3.8) is 0 Å². The average molecular weight is 250 g/mol. The second-order valence-electron chi connectivity index (χ2n) is 4.23. The molecule has 1 unspecified atom stereocenters. The number of hydrogen-bond donors (Lipinski definition) is 3. The molecule has 18 heavy (non-hydrogen) atoms. The zero-order chi connectivity index (χ0) is 13.1. The van der Waals surface area contributed by atoms with Crippen molar-refractivity contribution in [3.8, 4) is 5.75 Å². The van der Waals surface area contributed by atoms with Gasteiger partial charge in [0.15, 0.2) is 6.10 Å². The van der Waals surface area contributed by atoms with E-state index in [1.54, 1.807) is 11.8 Å². The van der Waals surface area contributed by atoms with E-state index in [0.29, 0.717) is 12.3 Å². The summed E-state index contributed by atoms with van der Waals surface area (Å²) in [4.78, 5) is 13.6. The second kappa shape index (κ2) is 5.34. The quantitative estimate of drug-likeness (QED) is 0.505. The highest BCUT2D eigenvalue weighted by Crippen LogP contribution is 2.34. The van der Waals surface area contributed by atoms with Gasteiger partial charge in [0, 0.05) is 0 Å². The van der Waals surface area contributed by atoms with Gasteiger partial charge in [-0.3, -0.25) is 15.5 Å². The van der Waals surface area contributed by atoms with Crippen LogP contribution in [0.1, 0.15) is 12.5 Å². The molecular weight excluding hydrogens is 232 g/mol. The standard InChI is InChI=1S/C12H18N4O2/c1-8-12(17)16(7-15-14)10-6-9(4-5-13)2-3-11(10)18-8/h2-3,6,8,15H,4-5,7,13-14H2,1H3. The molecule has 1 amide bonds. The maximum atomic E-state index is 12.0. The lowest BCUT2D eigenvalue weighted by atomic mass is 10.1. The summed E-state index contributed by atoms with van der Waals surface area (Å²) < 4.78 is 5.56. The summed E-state index contributed by atoms with van der Waals surface area (Å²) >= 11 is 0. The largest absolute Gasteiger partial charge is 0.479 e. The van der Waals surface area contributed by atoms with Gasteiger partial charge in [0.1, 0.15) is 5.75 Å². The summed E-state index contributed by atoms with van der Waals surface area (Å²) in [6, 6.07) is 5.75. The first-order chi connectivity index (χ1) is 8.67. The van der Waals surface area contributed by atoms with E-state index < -0.39 is 6.10 Å². The molecule has 6 heteroatoms. The summed E-state index contributed by atoms with van der Waals surface area (Å²) in [5.74, 6) is 5.90. The van der Waals surface area contributed by atoms with Gasteiger partial charge in [-0.2, -0.15) is 0 Å². The van der Waals surface area contributed by atoms with Crippen LogP contribution in [0.5, 0.6) is 5.75 Å². The van der Waals surface area contributed by atoms with Crippen LogP contribution in [0, 0.1) is 0 Å². The maximum absolute atomic E-state index is 12.0. The fourth-order valence-electron chi connectivity index (χ4n) is 2.03. The predicted molar refractivity (Wildman–Crippen MR) is 69.0 cm³/mol. The lowest BCUT2D eigenvalue weighted by Crippen LogP contribution is -2.49. The summed E-state index contributed by atoms with van der Waals surface area (Å²) in [5.41, 5.74) is 9.85. The van der Waals surface area contributed by atoms with Gasteiger partial charge < -0.3 is 10.5 Å². The summed E-state index contributed by atoms with van der Waals surface area (Å²) in [6.07, 6.45) is 0.271. The Morgan fingerprint density at radius 2 is 2.28 bits per heavy atom. The van der Waals surface area contributed by atoms with Crippen LogP contribution < -0.4 is 26.6 Å². The van der Waals surface area contributed by atoms with Gasteiger partial charge in [0.05, 0.1) is 12.4 Å². The number of carbonyl (C=O) groups excluding carboxylic acids is 1. The van der Waals surface area contributed by atoms with Crippen LogP contribution in [-0.4, -0.2) is 25.2 Å². The number of benzene rings is 1. The molecular formula is C12H18N4O2. The van der Waals surface area contributed by atoms with Crippen molar-refractivity contribution in [2.45, 2.75) is 19.4 Å². The fourth-order valence-corrected chi connectivity index (χ4v) is 2.03. The van der Waals surface area contributed by atoms with E-state index in [9.17, 15) is 4.79 Å². The number of nitrogens with one attached hydrogen (secondary N) is 1. The second-order valence-corrected chi connectivity index (χ2v) is 4.23. The number of nitrogens with two attached hydrogens (primary N) is 2. The normalized spacial score (nSPS) is 18.5. The molecule has 0 fully saturated rings. The van der Waals surface area contributed by atoms with Gasteiger partial charge in [0.25, 0.3) is 5.91 Å². The van der Waals surface area contributed by atoms with E-state index in [-0.39, 0.29) is 12.6 Å². The fraction of sp³-hybridized carbons (Fsp3) is 0.417. The Hall–Kier alpha value is -1.63. The van der Waals surface area contributed by atoms with Crippen LogP contribution >= 0.6 is 0 Å². The molecule has 0 spiro atoms. The van der Waals surface area contributed by atoms with Crippen LogP contribution in [-0.2, 0) is 11.2 Å². The first-order valence-corrected chi connectivity index (χ1v) is 5.92. The van der Waals surface area contributed by atoms with Crippen LogP contribution in [0.4, 0.5) is 5.69 Å². The third-order valence-electron chi connectivity index (χ3n) is 2.91. The molecule has 0 saturated carbocycles. The number of ether oxygens (including phenoxy) is 1. The van der Waals surface area contributed by atoms with Gasteiger partial charge in [-0.15, -0.1) is 0 Å². The Morgan fingerprint density at radius 3 is 2.94 bits per heavy atom. The molecule has 0 saturated heterocycles.